The monoisotopic (exact) mass is 341 g/mol. The highest BCUT2D eigenvalue weighted by molar-refractivity contribution is 5.88. The number of amides is 3. The Morgan fingerprint density at radius 1 is 1.42 bits per heavy atom. The number of carbonyl (C=O) groups is 2. The van der Waals surface area contributed by atoms with Gasteiger partial charge in [0, 0.05) is 13.1 Å². The maximum absolute atomic E-state index is 12.4. The van der Waals surface area contributed by atoms with E-state index in [9.17, 15) is 18.4 Å². The fourth-order valence-corrected chi connectivity index (χ4v) is 2.65. The Hall–Kier alpha value is -2.38. The lowest BCUT2D eigenvalue weighted by Gasteiger charge is -2.35. The third-order valence-corrected chi connectivity index (χ3v) is 3.92. The van der Waals surface area contributed by atoms with Crippen LogP contribution in [0, 0.1) is 0 Å². The lowest BCUT2D eigenvalue weighted by atomic mass is 10.1. The molecule has 0 aliphatic carbocycles. The molecular formula is C16H21F2N3O3. The Balaban J connectivity index is 1.99. The van der Waals surface area contributed by atoms with E-state index in [-0.39, 0.29) is 23.7 Å². The molecule has 1 saturated heterocycles. The van der Waals surface area contributed by atoms with Crippen LogP contribution in [0.3, 0.4) is 0 Å². The number of carbonyl (C=O) groups excluding carboxylic acids is 2. The van der Waals surface area contributed by atoms with E-state index >= 15 is 0 Å². The summed E-state index contributed by atoms with van der Waals surface area (Å²) < 4.78 is 28.6. The molecule has 3 amide bonds. The molecule has 0 unspecified atom stereocenters. The average molecular weight is 341 g/mol. The van der Waals surface area contributed by atoms with Crippen molar-refractivity contribution in [3.8, 4) is 5.75 Å². The van der Waals surface area contributed by atoms with Crippen LogP contribution in [0.5, 0.6) is 5.75 Å². The quantitative estimate of drug-likeness (QED) is 0.863. The van der Waals surface area contributed by atoms with Gasteiger partial charge in [0.1, 0.15) is 11.8 Å². The maximum Gasteiger partial charge on any atom is 0.387 e. The van der Waals surface area contributed by atoms with Gasteiger partial charge in [0.05, 0.1) is 6.04 Å². The van der Waals surface area contributed by atoms with E-state index in [4.69, 9.17) is 0 Å². The van der Waals surface area contributed by atoms with Gasteiger partial charge in [-0.25, -0.2) is 4.79 Å². The lowest BCUT2D eigenvalue weighted by molar-refractivity contribution is -0.127. The second kappa shape index (κ2) is 7.94. The first-order valence-electron chi connectivity index (χ1n) is 7.82. The summed E-state index contributed by atoms with van der Waals surface area (Å²) >= 11 is 0. The van der Waals surface area contributed by atoms with Crippen LogP contribution in [0.25, 0.3) is 0 Å². The van der Waals surface area contributed by atoms with Gasteiger partial charge < -0.3 is 20.3 Å². The van der Waals surface area contributed by atoms with E-state index in [0.717, 1.165) is 5.56 Å². The van der Waals surface area contributed by atoms with Gasteiger partial charge in [-0.3, -0.25) is 4.79 Å². The molecule has 1 aromatic rings. The van der Waals surface area contributed by atoms with Crippen molar-refractivity contribution in [3.05, 3.63) is 29.8 Å². The van der Waals surface area contributed by atoms with Crippen LogP contribution in [0.1, 0.15) is 31.9 Å². The van der Waals surface area contributed by atoms with Crippen molar-refractivity contribution in [1.29, 1.82) is 0 Å². The van der Waals surface area contributed by atoms with Gasteiger partial charge in [0.15, 0.2) is 0 Å². The fourth-order valence-electron chi connectivity index (χ4n) is 2.65. The van der Waals surface area contributed by atoms with Crippen LogP contribution in [0.4, 0.5) is 13.6 Å². The zero-order valence-electron chi connectivity index (χ0n) is 13.6. The summed E-state index contributed by atoms with van der Waals surface area (Å²) in [6.07, 6.45) is 0.535. The summed E-state index contributed by atoms with van der Waals surface area (Å²) in [5.74, 6) is -0.0916. The maximum atomic E-state index is 12.4. The molecule has 132 valence electrons. The Kier molecular flexibility index (Phi) is 5.94. The van der Waals surface area contributed by atoms with E-state index in [1.165, 1.54) is 17.0 Å². The minimum Gasteiger partial charge on any atom is -0.435 e. The molecule has 1 fully saturated rings. The third kappa shape index (κ3) is 4.33. The topological polar surface area (TPSA) is 70.7 Å². The third-order valence-electron chi connectivity index (χ3n) is 3.92. The van der Waals surface area contributed by atoms with Gasteiger partial charge >= 0.3 is 12.6 Å². The minimum atomic E-state index is -2.87. The lowest BCUT2D eigenvalue weighted by Crippen LogP contribution is -2.59. The van der Waals surface area contributed by atoms with Crippen molar-refractivity contribution in [3.63, 3.8) is 0 Å². The first kappa shape index (κ1) is 18.0. The zero-order chi connectivity index (χ0) is 17.7. The molecule has 8 heteroatoms. The summed E-state index contributed by atoms with van der Waals surface area (Å²) in [6, 6.07) is 4.94. The summed E-state index contributed by atoms with van der Waals surface area (Å²) in [5, 5.41) is 5.57. The molecule has 6 nitrogen and oxygen atoms in total. The highest BCUT2D eigenvalue weighted by Crippen LogP contribution is 2.20. The average Bonchev–Trinajstić information content (AvgIpc) is 2.54. The van der Waals surface area contributed by atoms with Crippen LogP contribution in [0.2, 0.25) is 0 Å². The van der Waals surface area contributed by atoms with Gasteiger partial charge in [-0.15, -0.1) is 0 Å². The molecule has 2 rings (SSSR count). The molecule has 1 heterocycles. The van der Waals surface area contributed by atoms with Crippen molar-refractivity contribution in [2.75, 3.05) is 13.1 Å². The van der Waals surface area contributed by atoms with Crippen molar-refractivity contribution >= 4 is 11.9 Å². The molecule has 1 aliphatic rings. The number of hydrogen-bond donors (Lipinski definition) is 2. The van der Waals surface area contributed by atoms with E-state index < -0.39 is 12.7 Å². The van der Waals surface area contributed by atoms with Crippen LogP contribution in [0.15, 0.2) is 24.3 Å². The number of alkyl halides is 2. The van der Waals surface area contributed by atoms with E-state index in [1.54, 1.807) is 19.1 Å². The number of urea groups is 1. The van der Waals surface area contributed by atoms with Crippen molar-refractivity contribution in [2.24, 2.45) is 0 Å². The SMILES string of the molecule is CC[C@H]1C(=O)NCCN1C(=O)N[C@@H](C)c1ccc(OC(F)F)cc1. The molecule has 0 aromatic heterocycles. The first-order chi connectivity index (χ1) is 11.4. The molecule has 1 aliphatic heterocycles. The van der Waals surface area contributed by atoms with Crippen molar-refractivity contribution in [2.45, 2.75) is 39.0 Å². The van der Waals surface area contributed by atoms with Gasteiger partial charge in [-0.1, -0.05) is 19.1 Å². The number of rotatable bonds is 5. The van der Waals surface area contributed by atoms with E-state index in [0.29, 0.717) is 19.5 Å². The molecular weight excluding hydrogens is 320 g/mol. The number of nitrogens with zero attached hydrogens (tertiary/aromatic N) is 1. The normalized spacial score (nSPS) is 19.0. The predicted octanol–water partition coefficient (Wildman–Crippen LogP) is 2.27. The van der Waals surface area contributed by atoms with E-state index in [1.807, 2.05) is 6.92 Å². The Labute approximate surface area is 139 Å². The second-order valence-corrected chi connectivity index (χ2v) is 5.53. The highest BCUT2D eigenvalue weighted by Gasteiger charge is 2.32. The van der Waals surface area contributed by atoms with Crippen LogP contribution < -0.4 is 15.4 Å². The number of nitrogens with one attached hydrogen (secondary N) is 2. The van der Waals surface area contributed by atoms with Gasteiger partial charge in [-0.2, -0.15) is 8.78 Å². The van der Waals surface area contributed by atoms with Crippen molar-refractivity contribution in [1.82, 2.24) is 15.5 Å². The smallest absolute Gasteiger partial charge is 0.387 e. The van der Waals surface area contributed by atoms with Crippen LogP contribution in [-0.2, 0) is 4.79 Å². The highest BCUT2D eigenvalue weighted by atomic mass is 19.3. The summed E-state index contributed by atoms with van der Waals surface area (Å²) in [6.45, 7) is 1.64. The standard InChI is InChI=1S/C16H21F2N3O3/c1-3-13-14(22)19-8-9-21(13)16(23)20-10(2)11-4-6-12(7-5-11)24-15(17)18/h4-7,10,13,15H,3,8-9H2,1-2H3,(H,19,22)(H,20,23)/t10-,13-/m0/s1. The molecule has 0 spiro atoms. The van der Waals surface area contributed by atoms with Gasteiger partial charge in [0.2, 0.25) is 5.91 Å². The molecule has 2 atom stereocenters. The number of ether oxygens (including phenoxy) is 1. The van der Waals surface area contributed by atoms with Gasteiger partial charge in [-0.05, 0) is 31.0 Å². The predicted molar refractivity (Wildman–Crippen MR) is 83.8 cm³/mol. The molecule has 2 N–H and O–H groups in total. The number of benzene rings is 1. The van der Waals surface area contributed by atoms with Crippen molar-refractivity contribution < 1.29 is 23.1 Å². The molecule has 0 saturated carbocycles. The number of piperazine rings is 1. The molecule has 0 radical (unpaired) electrons. The minimum absolute atomic E-state index is 0.0611. The number of halogens is 2. The number of hydrogen-bond acceptors (Lipinski definition) is 3. The summed E-state index contributed by atoms with van der Waals surface area (Å²) in [4.78, 5) is 25.8. The van der Waals surface area contributed by atoms with E-state index in [2.05, 4.69) is 15.4 Å². The largest absolute Gasteiger partial charge is 0.435 e. The molecule has 1 aromatic carbocycles. The Morgan fingerprint density at radius 2 is 2.08 bits per heavy atom. The Bertz CT molecular complexity index is 580. The second-order valence-electron chi connectivity index (χ2n) is 5.53. The zero-order valence-corrected chi connectivity index (χ0v) is 13.6. The fraction of sp³-hybridized carbons (Fsp3) is 0.500. The van der Waals surface area contributed by atoms with Crippen LogP contribution in [-0.4, -0.2) is 42.6 Å². The Morgan fingerprint density at radius 3 is 2.67 bits per heavy atom. The first-order valence-corrected chi connectivity index (χ1v) is 7.82. The summed E-state index contributed by atoms with van der Waals surface area (Å²) in [7, 11) is 0. The molecule has 24 heavy (non-hydrogen) atoms. The molecule has 0 bridgehead atoms. The van der Waals surface area contributed by atoms with Crippen LogP contribution >= 0.6 is 0 Å². The summed E-state index contributed by atoms with van der Waals surface area (Å²) in [5.41, 5.74) is 0.750. The van der Waals surface area contributed by atoms with Gasteiger partial charge in [0.25, 0.3) is 0 Å².